The van der Waals surface area contributed by atoms with Gasteiger partial charge in [0.25, 0.3) is 0 Å². The maximum atomic E-state index is 5.01. The molecule has 1 aliphatic rings. The summed E-state index contributed by atoms with van der Waals surface area (Å²) in [6.07, 6.45) is 8.99. The predicted molar refractivity (Wildman–Crippen MR) is 120 cm³/mol. The van der Waals surface area contributed by atoms with Crippen LogP contribution >= 0.6 is 0 Å². The van der Waals surface area contributed by atoms with Gasteiger partial charge in [0.15, 0.2) is 5.96 Å². The van der Waals surface area contributed by atoms with Gasteiger partial charge < -0.3 is 14.8 Å². The van der Waals surface area contributed by atoms with Gasteiger partial charge in [0.1, 0.15) is 0 Å². The number of guanidine groups is 1. The number of aromatic nitrogens is 4. The lowest BCUT2D eigenvalue weighted by atomic mass is 9.93. The van der Waals surface area contributed by atoms with Crippen molar-refractivity contribution < 1.29 is 0 Å². The van der Waals surface area contributed by atoms with Gasteiger partial charge in [0, 0.05) is 38.2 Å². The van der Waals surface area contributed by atoms with E-state index in [1.807, 2.05) is 42.5 Å². The number of likely N-dealkylation sites (tertiary alicyclic amines) is 1. The average molecular weight is 406 g/mol. The van der Waals surface area contributed by atoms with Gasteiger partial charge in [-0.25, -0.2) is 14.7 Å². The molecule has 0 saturated carbocycles. The molecule has 4 rings (SSSR count). The SMILES string of the molecule is CCNC(=NCc1ccccc1-n1ccc(C)n1)N1CCC(C)C(n2ccnc2)C1. The number of piperidine rings is 1. The molecule has 7 heteroatoms. The fourth-order valence-electron chi connectivity index (χ4n) is 4.10. The molecule has 1 aromatic carbocycles. The van der Waals surface area contributed by atoms with E-state index in [-0.39, 0.29) is 0 Å². The van der Waals surface area contributed by atoms with Gasteiger partial charge >= 0.3 is 0 Å². The summed E-state index contributed by atoms with van der Waals surface area (Å²) in [7, 11) is 0. The molecule has 0 spiro atoms. The molecule has 1 N–H and O–H groups in total. The normalized spacial score (nSPS) is 19.8. The molecule has 1 aliphatic heterocycles. The summed E-state index contributed by atoms with van der Waals surface area (Å²) < 4.78 is 4.17. The molecular formula is C23H31N7. The van der Waals surface area contributed by atoms with Crippen LogP contribution in [-0.2, 0) is 6.54 Å². The summed E-state index contributed by atoms with van der Waals surface area (Å²) in [5.41, 5.74) is 3.25. The summed E-state index contributed by atoms with van der Waals surface area (Å²) in [5.74, 6) is 1.59. The van der Waals surface area contributed by atoms with Crippen LogP contribution in [0.25, 0.3) is 5.69 Å². The van der Waals surface area contributed by atoms with Crippen LogP contribution in [0.5, 0.6) is 0 Å². The molecule has 158 valence electrons. The number of imidazole rings is 1. The molecule has 0 bridgehead atoms. The van der Waals surface area contributed by atoms with Crippen LogP contribution in [0.15, 0.2) is 60.2 Å². The number of hydrogen-bond donors (Lipinski definition) is 1. The quantitative estimate of drug-likeness (QED) is 0.522. The minimum atomic E-state index is 0.407. The van der Waals surface area contributed by atoms with Gasteiger partial charge in [-0.15, -0.1) is 0 Å². The molecule has 1 saturated heterocycles. The van der Waals surface area contributed by atoms with Crippen molar-refractivity contribution >= 4 is 5.96 Å². The Morgan fingerprint density at radius 3 is 2.83 bits per heavy atom. The lowest BCUT2D eigenvalue weighted by Gasteiger charge is -2.39. The number of rotatable bonds is 5. The number of benzene rings is 1. The van der Waals surface area contributed by atoms with Crippen LogP contribution in [0.4, 0.5) is 0 Å². The van der Waals surface area contributed by atoms with Crippen LogP contribution in [0.3, 0.4) is 0 Å². The Bertz CT molecular complexity index is 973. The van der Waals surface area contributed by atoms with E-state index in [2.05, 4.69) is 63.1 Å². The highest BCUT2D eigenvalue weighted by molar-refractivity contribution is 5.80. The van der Waals surface area contributed by atoms with E-state index in [0.717, 1.165) is 49.0 Å². The van der Waals surface area contributed by atoms with Crippen LogP contribution in [0.1, 0.15) is 37.6 Å². The summed E-state index contributed by atoms with van der Waals surface area (Å²) in [5, 5.41) is 8.07. The van der Waals surface area contributed by atoms with E-state index < -0.39 is 0 Å². The van der Waals surface area contributed by atoms with Crippen molar-refractivity contribution in [2.75, 3.05) is 19.6 Å². The molecule has 2 unspecified atom stereocenters. The first-order valence-corrected chi connectivity index (χ1v) is 10.8. The number of aryl methyl sites for hydroxylation is 1. The Balaban J connectivity index is 1.55. The van der Waals surface area contributed by atoms with Crippen molar-refractivity contribution in [3.63, 3.8) is 0 Å². The van der Waals surface area contributed by atoms with Gasteiger partial charge in [-0.2, -0.15) is 5.10 Å². The summed E-state index contributed by atoms with van der Waals surface area (Å²) in [6, 6.07) is 10.8. The Morgan fingerprint density at radius 2 is 2.10 bits per heavy atom. The number of nitrogens with zero attached hydrogens (tertiary/aromatic N) is 6. The van der Waals surface area contributed by atoms with Gasteiger partial charge in [-0.1, -0.05) is 25.1 Å². The van der Waals surface area contributed by atoms with Gasteiger partial charge in [0.2, 0.25) is 0 Å². The third-order valence-electron chi connectivity index (χ3n) is 5.82. The summed E-state index contributed by atoms with van der Waals surface area (Å²) >= 11 is 0. The molecule has 2 atom stereocenters. The smallest absolute Gasteiger partial charge is 0.194 e. The highest BCUT2D eigenvalue weighted by atomic mass is 15.3. The standard InChI is InChI=1S/C23H31N7/c1-4-25-23(28-12-9-18(2)22(16-28)29-14-11-24-17-29)26-15-20-7-5-6-8-21(20)30-13-10-19(3)27-30/h5-8,10-11,13-14,17-18,22H,4,9,12,15-16H2,1-3H3,(H,25,26). The number of para-hydroxylation sites is 1. The predicted octanol–water partition coefficient (Wildman–Crippen LogP) is 3.43. The molecule has 0 aliphatic carbocycles. The van der Waals surface area contributed by atoms with Crippen molar-refractivity contribution in [1.82, 2.24) is 29.5 Å². The number of aliphatic imine (C=N–C) groups is 1. The Kier molecular flexibility index (Phi) is 6.16. The van der Waals surface area contributed by atoms with Crippen molar-refractivity contribution in [2.45, 2.75) is 39.8 Å². The largest absolute Gasteiger partial charge is 0.357 e. The van der Waals surface area contributed by atoms with E-state index in [9.17, 15) is 0 Å². The number of hydrogen-bond acceptors (Lipinski definition) is 3. The van der Waals surface area contributed by atoms with Gasteiger partial charge in [0.05, 0.1) is 30.3 Å². The third-order valence-corrected chi connectivity index (χ3v) is 5.82. The van der Waals surface area contributed by atoms with E-state index in [4.69, 9.17) is 4.99 Å². The first-order chi connectivity index (χ1) is 14.7. The first-order valence-electron chi connectivity index (χ1n) is 10.8. The molecule has 2 aromatic heterocycles. The fourth-order valence-corrected chi connectivity index (χ4v) is 4.10. The molecule has 0 amide bonds. The van der Waals surface area contributed by atoms with Crippen molar-refractivity contribution in [3.05, 3.63) is 66.5 Å². The average Bonchev–Trinajstić information content (AvgIpc) is 3.44. The van der Waals surface area contributed by atoms with Crippen molar-refractivity contribution in [3.8, 4) is 5.69 Å². The molecule has 3 aromatic rings. The topological polar surface area (TPSA) is 63.3 Å². The molecule has 1 fully saturated rings. The lowest BCUT2D eigenvalue weighted by molar-refractivity contribution is 0.189. The van der Waals surface area contributed by atoms with E-state index in [0.29, 0.717) is 18.5 Å². The second-order valence-corrected chi connectivity index (χ2v) is 7.99. The van der Waals surface area contributed by atoms with E-state index in [1.54, 1.807) is 0 Å². The zero-order valence-electron chi connectivity index (χ0n) is 18.1. The summed E-state index contributed by atoms with van der Waals surface area (Å²) in [6.45, 7) is 9.86. The van der Waals surface area contributed by atoms with E-state index in [1.165, 1.54) is 0 Å². The van der Waals surface area contributed by atoms with Gasteiger partial charge in [-0.3, -0.25) is 0 Å². The van der Waals surface area contributed by atoms with Gasteiger partial charge in [-0.05, 0) is 43.9 Å². The van der Waals surface area contributed by atoms with Crippen LogP contribution in [0.2, 0.25) is 0 Å². The van der Waals surface area contributed by atoms with Crippen molar-refractivity contribution in [2.24, 2.45) is 10.9 Å². The number of nitrogens with one attached hydrogen (secondary N) is 1. The Labute approximate surface area is 178 Å². The molecule has 0 radical (unpaired) electrons. The monoisotopic (exact) mass is 405 g/mol. The fraction of sp³-hybridized carbons (Fsp3) is 0.435. The van der Waals surface area contributed by atoms with E-state index >= 15 is 0 Å². The zero-order valence-corrected chi connectivity index (χ0v) is 18.1. The second kappa shape index (κ2) is 9.15. The highest BCUT2D eigenvalue weighted by Gasteiger charge is 2.28. The first kappa shape index (κ1) is 20.2. The second-order valence-electron chi connectivity index (χ2n) is 7.99. The minimum Gasteiger partial charge on any atom is -0.357 e. The van der Waals surface area contributed by atoms with Crippen molar-refractivity contribution in [1.29, 1.82) is 0 Å². The zero-order chi connectivity index (χ0) is 20.9. The maximum Gasteiger partial charge on any atom is 0.194 e. The Hall–Kier alpha value is -3.09. The highest BCUT2D eigenvalue weighted by Crippen LogP contribution is 2.27. The van der Waals surface area contributed by atoms with Crippen LogP contribution in [0, 0.1) is 12.8 Å². The molecule has 7 nitrogen and oxygen atoms in total. The lowest BCUT2D eigenvalue weighted by Crippen LogP contribution is -2.49. The van der Waals surface area contributed by atoms with Crippen LogP contribution in [-0.4, -0.2) is 49.8 Å². The molecule has 30 heavy (non-hydrogen) atoms. The molecular weight excluding hydrogens is 374 g/mol. The minimum absolute atomic E-state index is 0.407. The third kappa shape index (κ3) is 4.40. The molecule has 3 heterocycles. The maximum absolute atomic E-state index is 5.01. The van der Waals surface area contributed by atoms with Crippen LogP contribution < -0.4 is 5.32 Å². The summed E-state index contributed by atoms with van der Waals surface area (Å²) in [4.78, 5) is 11.6. The Morgan fingerprint density at radius 1 is 1.23 bits per heavy atom.